The maximum absolute atomic E-state index is 11.2. The molecule has 214 valence electrons. The zero-order valence-electron chi connectivity index (χ0n) is 24.9. The Bertz CT molecular complexity index is 1080. The molecule has 3 N–H and O–H groups in total. The van der Waals surface area contributed by atoms with Crippen LogP contribution in [0.3, 0.4) is 0 Å². The maximum Gasteiger partial charge on any atom is 0.203 e. The van der Waals surface area contributed by atoms with Gasteiger partial charge in [-0.15, -0.1) is 0 Å². The number of hydrogen-bond donors (Lipinski definition) is 3. The Labute approximate surface area is 229 Å². The van der Waals surface area contributed by atoms with E-state index in [1.807, 2.05) is 6.92 Å². The molecule has 5 aliphatic carbocycles. The molecule has 13 atom stereocenters. The van der Waals surface area contributed by atoms with Gasteiger partial charge < -0.3 is 24.8 Å². The molecule has 6 fully saturated rings. The standard InChI is InChI=1S/C32H51NO5/c1-17-15-19(24(35)27(5,6)36)38-32-23(17)28(7)13-14-31-16-30(31)12-11-22(34)26(3,4)20(30)9-10-21(31)29(28,8)25(32)37-18(2)33-32/h17,19-25,34-36H,9-16H2,1-8H3/t17-,19-,20+,21+,22+,23?,24+,25?,28-,29-,30-,31+,32?/m1/s1. The minimum atomic E-state index is -1.25. The van der Waals surface area contributed by atoms with E-state index in [4.69, 9.17) is 14.5 Å². The molecule has 0 radical (unpaired) electrons. The summed E-state index contributed by atoms with van der Waals surface area (Å²) in [5, 5.41) is 32.9. The molecule has 1 saturated heterocycles. The molecule has 2 aliphatic heterocycles. The van der Waals surface area contributed by atoms with Gasteiger partial charge in [-0.25, -0.2) is 4.99 Å². The Morgan fingerprint density at radius 2 is 1.66 bits per heavy atom. The predicted octanol–water partition coefficient (Wildman–Crippen LogP) is 5.08. The van der Waals surface area contributed by atoms with E-state index in [9.17, 15) is 15.3 Å². The lowest BCUT2D eigenvalue weighted by Crippen LogP contribution is -2.60. The maximum atomic E-state index is 11.2. The Morgan fingerprint density at radius 1 is 1.00 bits per heavy atom. The lowest BCUT2D eigenvalue weighted by Gasteiger charge is -2.63. The van der Waals surface area contributed by atoms with Crippen LogP contribution in [0.5, 0.6) is 0 Å². The van der Waals surface area contributed by atoms with E-state index in [0.717, 1.165) is 25.7 Å². The van der Waals surface area contributed by atoms with Gasteiger partial charge in [0.15, 0.2) is 12.0 Å². The van der Waals surface area contributed by atoms with Crippen LogP contribution in [0.25, 0.3) is 0 Å². The Kier molecular flexibility index (Phi) is 4.97. The molecule has 2 heterocycles. The number of ether oxygens (including phenoxy) is 2. The summed E-state index contributed by atoms with van der Waals surface area (Å²) in [6, 6.07) is 0. The molecule has 0 amide bonds. The summed E-state index contributed by atoms with van der Waals surface area (Å²) in [7, 11) is 0. The van der Waals surface area contributed by atoms with E-state index in [1.54, 1.807) is 13.8 Å². The smallest absolute Gasteiger partial charge is 0.203 e. The molecule has 7 aliphatic rings. The molecular weight excluding hydrogens is 478 g/mol. The molecule has 0 aromatic heterocycles. The summed E-state index contributed by atoms with van der Waals surface area (Å²) in [6.45, 7) is 17.3. The van der Waals surface area contributed by atoms with Crippen molar-refractivity contribution in [2.45, 2.75) is 142 Å². The lowest BCUT2D eigenvalue weighted by molar-refractivity contribution is -0.241. The van der Waals surface area contributed by atoms with E-state index in [1.165, 1.54) is 25.7 Å². The quantitative estimate of drug-likeness (QED) is 0.464. The van der Waals surface area contributed by atoms with Gasteiger partial charge in [-0.05, 0) is 105 Å². The van der Waals surface area contributed by atoms with Crippen molar-refractivity contribution in [2.24, 2.45) is 55.7 Å². The molecule has 5 saturated carbocycles. The second kappa shape index (κ2) is 7.20. The first-order valence-electron chi connectivity index (χ1n) is 15.5. The van der Waals surface area contributed by atoms with Gasteiger partial charge in [-0.3, -0.25) is 0 Å². The molecular formula is C32H51NO5. The van der Waals surface area contributed by atoms with E-state index in [0.29, 0.717) is 34.5 Å². The molecule has 6 nitrogen and oxygen atoms in total. The summed E-state index contributed by atoms with van der Waals surface area (Å²) in [4.78, 5) is 5.22. The molecule has 3 unspecified atom stereocenters. The van der Waals surface area contributed by atoms with Crippen LogP contribution in [0.4, 0.5) is 0 Å². The molecule has 7 rings (SSSR count). The highest BCUT2D eigenvalue weighted by molar-refractivity contribution is 5.76. The molecule has 6 heteroatoms. The van der Waals surface area contributed by atoms with E-state index in [2.05, 4.69) is 34.6 Å². The van der Waals surface area contributed by atoms with Gasteiger partial charge >= 0.3 is 0 Å². The molecule has 0 bridgehead atoms. The first-order valence-corrected chi connectivity index (χ1v) is 15.5. The summed E-state index contributed by atoms with van der Waals surface area (Å²) in [6.07, 6.45) is 7.06. The van der Waals surface area contributed by atoms with Crippen molar-refractivity contribution in [3.8, 4) is 0 Å². The van der Waals surface area contributed by atoms with Crippen molar-refractivity contribution < 1.29 is 24.8 Å². The Morgan fingerprint density at radius 3 is 2.34 bits per heavy atom. The third-order valence-corrected chi connectivity index (χ3v) is 14.5. The number of aliphatic imine (C=N–C) groups is 1. The van der Waals surface area contributed by atoms with Crippen molar-refractivity contribution >= 4 is 5.90 Å². The van der Waals surface area contributed by atoms with Crippen molar-refractivity contribution in [2.75, 3.05) is 0 Å². The molecule has 3 spiro atoms. The summed E-state index contributed by atoms with van der Waals surface area (Å²) in [5.74, 6) is 2.33. The fraction of sp³-hybridized carbons (Fsp3) is 0.969. The highest BCUT2D eigenvalue weighted by atomic mass is 16.6. The molecule has 0 aromatic rings. The summed E-state index contributed by atoms with van der Waals surface area (Å²) < 4.78 is 13.8. The second-order valence-electron chi connectivity index (χ2n) is 16.6. The van der Waals surface area contributed by atoms with Crippen LogP contribution in [0.1, 0.15) is 107 Å². The minimum absolute atomic E-state index is 0.0160. The minimum Gasteiger partial charge on any atom is -0.472 e. The normalized spacial score (nSPS) is 58.7. The van der Waals surface area contributed by atoms with Gasteiger partial charge in [-0.2, -0.15) is 0 Å². The van der Waals surface area contributed by atoms with Crippen LogP contribution in [0.15, 0.2) is 4.99 Å². The van der Waals surface area contributed by atoms with Crippen molar-refractivity contribution in [3.63, 3.8) is 0 Å². The third-order valence-electron chi connectivity index (χ3n) is 14.5. The van der Waals surface area contributed by atoms with Gasteiger partial charge in [0.05, 0.1) is 17.8 Å². The highest BCUT2D eigenvalue weighted by Crippen LogP contribution is 2.90. The number of fused-ring (bicyclic) bond motifs is 4. The van der Waals surface area contributed by atoms with Crippen molar-refractivity contribution in [1.82, 2.24) is 0 Å². The topological polar surface area (TPSA) is 91.5 Å². The van der Waals surface area contributed by atoms with Crippen molar-refractivity contribution in [3.05, 3.63) is 0 Å². The number of rotatable bonds is 2. The zero-order chi connectivity index (χ0) is 27.5. The number of aliphatic hydroxyl groups excluding tert-OH is 2. The van der Waals surface area contributed by atoms with E-state index < -0.39 is 23.5 Å². The van der Waals surface area contributed by atoms with Crippen LogP contribution < -0.4 is 0 Å². The molecule has 0 aromatic carbocycles. The number of nitrogens with zero attached hydrogens (tertiary/aromatic N) is 1. The molecule has 38 heavy (non-hydrogen) atoms. The number of aliphatic hydroxyl groups is 3. The fourth-order valence-corrected chi connectivity index (χ4v) is 12.9. The van der Waals surface area contributed by atoms with Gasteiger partial charge in [0, 0.05) is 18.3 Å². The van der Waals surface area contributed by atoms with Gasteiger partial charge in [0.1, 0.15) is 6.10 Å². The largest absolute Gasteiger partial charge is 0.472 e. The summed E-state index contributed by atoms with van der Waals surface area (Å²) in [5.41, 5.74) is -1.50. The summed E-state index contributed by atoms with van der Waals surface area (Å²) >= 11 is 0. The van der Waals surface area contributed by atoms with Crippen molar-refractivity contribution in [1.29, 1.82) is 0 Å². The second-order valence-corrected chi connectivity index (χ2v) is 16.6. The van der Waals surface area contributed by atoms with Gasteiger partial charge in [-0.1, -0.05) is 34.6 Å². The Balaban J connectivity index is 1.33. The monoisotopic (exact) mass is 529 g/mol. The average molecular weight is 530 g/mol. The first-order chi connectivity index (χ1) is 17.5. The van der Waals surface area contributed by atoms with Crippen LogP contribution in [0.2, 0.25) is 0 Å². The van der Waals surface area contributed by atoms with Crippen LogP contribution in [-0.4, -0.2) is 57.0 Å². The third kappa shape index (κ3) is 2.65. The Hall–Kier alpha value is -0.690. The van der Waals surface area contributed by atoms with E-state index in [-0.39, 0.29) is 34.4 Å². The first kappa shape index (κ1) is 26.2. The van der Waals surface area contributed by atoms with Gasteiger partial charge in [0.2, 0.25) is 5.72 Å². The zero-order valence-corrected chi connectivity index (χ0v) is 24.9. The lowest BCUT2D eigenvalue weighted by atomic mass is 9.41. The van der Waals surface area contributed by atoms with Crippen LogP contribution in [0, 0.1) is 50.7 Å². The average Bonchev–Trinajstić information content (AvgIpc) is 3.32. The highest BCUT2D eigenvalue weighted by Gasteiger charge is 2.88. The van der Waals surface area contributed by atoms with Crippen LogP contribution >= 0.6 is 0 Å². The number of hydrogen-bond acceptors (Lipinski definition) is 6. The van der Waals surface area contributed by atoms with Gasteiger partial charge in [0.25, 0.3) is 0 Å². The SMILES string of the molecule is CC1=NC23O[C@@H]([C@H](O)C(C)(C)O)C[C@@H](C)C2[C@@]2(C)CC[C@@]45C[C@@]46CC[C@H](O)C(C)(C)[C@@H]6CC[C@H]5[C@]2(C)C3O1. The van der Waals surface area contributed by atoms with E-state index >= 15 is 0 Å². The van der Waals surface area contributed by atoms with Crippen LogP contribution in [-0.2, 0) is 9.47 Å². The fourth-order valence-electron chi connectivity index (χ4n) is 12.9. The predicted molar refractivity (Wildman–Crippen MR) is 145 cm³/mol.